The smallest absolute Gasteiger partial charge is 0.0541 e. The van der Waals surface area contributed by atoms with Gasteiger partial charge in [-0.05, 0) is 26.7 Å². The fourth-order valence-electron chi connectivity index (χ4n) is 3.22. The van der Waals surface area contributed by atoms with E-state index in [2.05, 4.69) is 38.2 Å². The largest absolute Gasteiger partial charge is 0.0917 e. The van der Waals surface area contributed by atoms with Crippen LogP contribution in [0.25, 0.3) is 0 Å². The molecule has 0 N–H and O–H groups in total. The highest BCUT2D eigenvalue weighted by molar-refractivity contribution is 6.80. The second-order valence-electron chi connectivity index (χ2n) is 5.63. The maximum absolute atomic E-state index is 2.38. The molecule has 1 fully saturated rings. The Morgan fingerprint density at radius 3 is 1.65 bits per heavy atom. The third-order valence-electron chi connectivity index (χ3n) is 4.32. The second-order valence-corrected chi connectivity index (χ2v) is 10.6. The predicted octanol–water partition coefficient (Wildman–Crippen LogP) is 5.94. The molecule has 1 rings (SSSR count). The lowest BCUT2D eigenvalue weighted by molar-refractivity contribution is 0.720. The minimum atomic E-state index is -0.910. The Labute approximate surface area is 109 Å². The molecular formula is C16H30Si. The summed E-state index contributed by atoms with van der Waals surface area (Å²) in [6, 6.07) is 6.33. The van der Waals surface area contributed by atoms with E-state index < -0.39 is 8.07 Å². The van der Waals surface area contributed by atoms with Gasteiger partial charge in [-0.3, -0.25) is 0 Å². The van der Waals surface area contributed by atoms with Gasteiger partial charge in [0.25, 0.3) is 0 Å². The van der Waals surface area contributed by atoms with Crippen LogP contribution in [0.5, 0.6) is 0 Å². The number of hydrogen-bond donors (Lipinski definition) is 0. The summed E-state index contributed by atoms with van der Waals surface area (Å²) in [4.78, 5) is 0. The Balaban J connectivity index is 2.53. The molecule has 0 aliphatic carbocycles. The van der Waals surface area contributed by atoms with Crippen molar-refractivity contribution in [2.75, 3.05) is 0 Å². The molecule has 0 nitrogen and oxygen atoms in total. The van der Waals surface area contributed by atoms with Gasteiger partial charge in [0.1, 0.15) is 0 Å². The molecule has 0 unspecified atom stereocenters. The first-order valence-electron chi connectivity index (χ1n) is 7.55. The number of allylic oxidation sites excluding steroid dienone is 4. The van der Waals surface area contributed by atoms with Crippen molar-refractivity contribution in [2.24, 2.45) is 0 Å². The summed E-state index contributed by atoms with van der Waals surface area (Å²) in [6.45, 7) is 4.31. The lowest BCUT2D eigenvalue weighted by Crippen LogP contribution is -2.32. The molecule has 98 valence electrons. The molecule has 0 amide bonds. The predicted molar refractivity (Wildman–Crippen MR) is 82.3 cm³/mol. The van der Waals surface area contributed by atoms with Crippen LogP contribution in [-0.4, -0.2) is 8.07 Å². The van der Waals surface area contributed by atoms with Crippen molar-refractivity contribution in [1.82, 2.24) is 0 Å². The van der Waals surface area contributed by atoms with Gasteiger partial charge in [0.15, 0.2) is 0 Å². The molecule has 1 aliphatic heterocycles. The molecule has 0 bridgehead atoms. The summed E-state index contributed by atoms with van der Waals surface area (Å²) in [6.07, 6.45) is 18.0. The van der Waals surface area contributed by atoms with E-state index in [-0.39, 0.29) is 0 Å². The molecule has 1 aliphatic rings. The highest BCUT2D eigenvalue weighted by Gasteiger charge is 2.31. The normalized spacial score (nSPS) is 21.1. The highest BCUT2D eigenvalue weighted by atomic mass is 28.3. The SMILES string of the molecule is CC=CCC[Si]1(CCC=CC)CCCCCC1. The van der Waals surface area contributed by atoms with Gasteiger partial charge < -0.3 is 0 Å². The number of hydrogen-bond acceptors (Lipinski definition) is 0. The zero-order valence-electron chi connectivity index (χ0n) is 11.9. The van der Waals surface area contributed by atoms with Crippen molar-refractivity contribution < 1.29 is 0 Å². The summed E-state index contributed by atoms with van der Waals surface area (Å²) in [5.74, 6) is 0. The van der Waals surface area contributed by atoms with Crippen molar-refractivity contribution >= 4 is 8.07 Å². The summed E-state index contributed by atoms with van der Waals surface area (Å²) < 4.78 is 0. The Kier molecular flexibility index (Phi) is 7.59. The first kappa shape index (κ1) is 14.8. The van der Waals surface area contributed by atoms with Crippen molar-refractivity contribution in [2.45, 2.75) is 76.5 Å². The minimum Gasteiger partial charge on any atom is -0.0917 e. The summed E-state index contributed by atoms with van der Waals surface area (Å²) >= 11 is 0. The van der Waals surface area contributed by atoms with Gasteiger partial charge in [0.05, 0.1) is 8.07 Å². The maximum atomic E-state index is 2.38. The van der Waals surface area contributed by atoms with Gasteiger partial charge >= 0.3 is 0 Å². The van der Waals surface area contributed by atoms with E-state index in [1.165, 1.54) is 38.5 Å². The van der Waals surface area contributed by atoms with Crippen molar-refractivity contribution in [3.63, 3.8) is 0 Å². The van der Waals surface area contributed by atoms with Crippen LogP contribution in [0.3, 0.4) is 0 Å². The van der Waals surface area contributed by atoms with E-state index in [9.17, 15) is 0 Å². The van der Waals surface area contributed by atoms with E-state index >= 15 is 0 Å². The van der Waals surface area contributed by atoms with Gasteiger partial charge in [-0.1, -0.05) is 74.2 Å². The zero-order chi connectivity index (χ0) is 12.4. The molecular weight excluding hydrogens is 220 g/mol. The lowest BCUT2D eigenvalue weighted by atomic mass is 10.2. The van der Waals surface area contributed by atoms with Crippen LogP contribution in [0.1, 0.15) is 52.4 Å². The molecule has 0 aromatic rings. The van der Waals surface area contributed by atoms with Gasteiger partial charge in [-0.2, -0.15) is 0 Å². The summed E-state index contributed by atoms with van der Waals surface area (Å²) in [5, 5.41) is 0. The van der Waals surface area contributed by atoms with Gasteiger partial charge in [-0.25, -0.2) is 0 Å². The van der Waals surface area contributed by atoms with E-state index in [0.717, 1.165) is 0 Å². The molecule has 1 heteroatoms. The molecule has 0 saturated carbocycles. The Morgan fingerprint density at radius 1 is 0.765 bits per heavy atom. The monoisotopic (exact) mass is 250 g/mol. The van der Waals surface area contributed by atoms with E-state index in [0.29, 0.717) is 0 Å². The van der Waals surface area contributed by atoms with Crippen LogP contribution in [-0.2, 0) is 0 Å². The third kappa shape index (κ3) is 5.72. The molecule has 0 spiro atoms. The van der Waals surface area contributed by atoms with E-state index in [4.69, 9.17) is 0 Å². The van der Waals surface area contributed by atoms with E-state index in [1.54, 1.807) is 24.2 Å². The van der Waals surface area contributed by atoms with Gasteiger partial charge in [0, 0.05) is 0 Å². The summed E-state index contributed by atoms with van der Waals surface area (Å²) in [5.41, 5.74) is 0. The van der Waals surface area contributed by atoms with Gasteiger partial charge in [-0.15, -0.1) is 0 Å². The van der Waals surface area contributed by atoms with Crippen molar-refractivity contribution in [3.8, 4) is 0 Å². The van der Waals surface area contributed by atoms with Crippen molar-refractivity contribution in [1.29, 1.82) is 0 Å². The average molecular weight is 251 g/mol. The number of rotatable bonds is 6. The van der Waals surface area contributed by atoms with Crippen LogP contribution >= 0.6 is 0 Å². The van der Waals surface area contributed by atoms with Crippen LogP contribution in [0.15, 0.2) is 24.3 Å². The topological polar surface area (TPSA) is 0 Å². The molecule has 0 atom stereocenters. The van der Waals surface area contributed by atoms with E-state index in [1.807, 2.05) is 0 Å². The van der Waals surface area contributed by atoms with Crippen LogP contribution in [0.2, 0.25) is 24.2 Å². The molecule has 1 saturated heterocycles. The first-order valence-corrected chi connectivity index (χ1v) is 10.4. The molecule has 17 heavy (non-hydrogen) atoms. The standard InChI is InChI=1S/C16H30Si/c1-3-5-9-13-17(14-10-6-4-2)15-11-7-8-12-16-17/h3-6H,7-16H2,1-2H3. The molecule has 0 aromatic heterocycles. The Hall–Kier alpha value is -0.303. The highest BCUT2D eigenvalue weighted by Crippen LogP contribution is 2.36. The second kappa shape index (κ2) is 8.74. The van der Waals surface area contributed by atoms with Crippen molar-refractivity contribution in [3.05, 3.63) is 24.3 Å². The Bertz CT molecular complexity index is 214. The quantitative estimate of drug-likeness (QED) is 0.404. The maximum Gasteiger partial charge on any atom is 0.0541 e. The Morgan fingerprint density at radius 2 is 1.24 bits per heavy atom. The fourth-order valence-corrected chi connectivity index (χ4v) is 8.27. The third-order valence-corrected chi connectivity index (χ3v) is 9.85. The molecule has 1 heterocycles. The first-order chi connectivity index (χ1) is 8.33. The lowest BCUT2D eigenvalue weighted by Gasteiger charge is -2.30. The van der Waals surface area contributed by atoms with Crippen LogP contribution in [0, 0.1) is 0 Å². The molecule has 0 aromatic carbocycles. The van der Waals surface area contributed by atoms with Crippen LogP contribution < -0.4 is 0 Å². The summed E-state index contributed by atoms with van der Waals surface area (Å²) in [7, 11) is -0.910. The van der Waals surface area contributed by atoms with Crippen LogP contribution in [0.4, 0.5) is 0 Å². The minimum absolute atomic E-state index is 0.910. The molecule has 0 radical (unpaired) electrons. The zero-order valence-corrected chi connectivity index (χ0v) is 12.9. The average Bonchev–Trinajstić information content (AvgIpc) is 2.56. The fraction of sp³-hybridized carbons (Fsp3) is 0.750. The van der Waals surface area contributed by atoms with Gasteiger partial charge in [0.2, 0.25) is 0 Å².